The number of hydrogen-bond acceptors (Lipinski definition) is 4. The van der Waals surface area contributed by atoms with Gasteiger partial charge in [0.05, 0.1) is 6.61 Å². The van der Waals surface area contributed by atoms with Gasteiger partial charge in [-0.3, -0.25) is 0 Å². The van der Waals surface area contributed by atoms with Gasteiger partial charge in [0.1, 0.15) is 0 Å². The predicted molar refractivity (Wildman–Crippen MR) is 80.9 cm³/mol. The molecule has 0 amide bonds. The molecule has 1 aromatic rings. The first-order valence-electron chi connectivity index (χ1n) is 6.89. The van der Waals surface area contributed by atoms with E-state index in [1.165, 1.54) is 23.8 Å². The van der Waals surface area contributed by atoms with Crippen molar-refractivity contribution in [3.63, 3.8) is 0 Å². The number of hydrogen-bond donors (Lipinski definition) is 1. The molecule has 1 saturated heterocycles. The molecule has 110 valence electrons. The van der Waals surface area contributed by atoms with Gasteiger partial charge >= 0.3 is 5.97 Å². The first kappa shape index (κ1) is 15.2. The van der Waals surface area contributed by atoms with Crippen molar-refractivity contribution in [1.82, 2.24) is 4.90 Å². The summed E-state index contributed by atoms with van der Waals surface area (Å²) >= 11 is 1.64. The third kappa shape index (κ3) is 5.07. The number of carboxylic acid groups (broad SMARTS) is 1. The lowest BCUT2D eigenvalue weighted by atomic mass is 10.0. The van der Waals surface area contributed by atoms with Crippen molar-refractivity contribution in [2.45, 2.75) is 19.4 Å². The molecule has 1 N–H and O–H groups in total. The second-order valence-corrected chi connectivity index (χ2v) is 6.46. The quantitative estimate of drug-likeness (QED) is 0.820. The monoisotopic (exact) mass is 295 g/mol. The molecule has 0 radical (unpaired) electrons. The molecule has 0 saturated carbocycles. The fourth-order valence-corrected chi connectivity index (χ4v) is 3.44. The second-order valence-electron chi connectivity index (χ2n) is 5.26. The number of ether oxygens (including phenoxy) is 1. The molecule has 1 aromatic heterocycles. The van der Waals surface area contributed by atoms with Gasteiger partial charge in [0.25, 0.3) is 0 Å². The molecule has 1 unspecified atom stereocenters. The summed E-state index contributed by atoms with van der Waals surface area (Å²) in [5.74, 6) is -0.269. The smallest absolute Gasteiger partial charge is 0.328 e. The van der Waals surface area contributed by atoms with E-state index in [1.807, 2.05) is 6.07 Å². The Labute approximate surface area is 123 Å². The maximum atomic E-state index is 10.5. The van der Waals surface area contributed by atoms with E-state index in [0.29, 0.717) is 5.92 Å². The standard InChI is InChI=1S/C15H21NO3S/c1-16(9-12-3-2-8-19-11-12)10-14-5-4-13(20-14)6-7-15(17)18/h4-7,12H,2-3,8-11H2,1H3,(H,17,18). The van der Waals surface area contributed by atoms with Crippen molar-refractivity contribution in [2.75, 3.05) is 26.8 Å². The van der Waals surface area contributed by atoms with Crippen LogP contribution in [0.15, 0.2) is 18.2 Å². The van der Waals surface area contributed by atoms with Gasteiger partial charge < -0.3 is 14.7 Å². The summed E-state index contributed by atoms with van der Waals surface area (Å²) in [5.41, 5.74) is 0. The third-order valence-electron chi connectivity index (χ3n) is 3.32. The van der Waals surface area contributed by atoms with Gasteiger partial charge in [-0.25, -0.2) is 4.79 Å². The van der Waals surface area contributed by atoms with Crippen molar-refractivity contribution in [2.24, 2.45) is 5.92 Å². The van der Waals surface area contributed by atoms with E-state index >= 15 is 0 Å². The second kappa shape index (κ2) is 7.57. The van der Waals surface area contributed by atoms with Gasteiger partial charge in [0.15, 0.2) is 0 Å². The molecule has 2 rings (SSSR count). The summed E-state index contributed by atoms with van der Waals surface area (Å²) in [6.07, 6.45) is 5.24. The van der Waals surface area contributed by atoms with Crippen LogP contribution in [-0.4, -0.2) is 42.8 Å². The molecule has 1 atom stereocenters. The molecule has 1 aliphatic rings. The number of carboxylic acids is 1. The minimum absolute atomic E-state index is 0.639. The van der Waals surface area contributed by atoms with Crippen molar-refractivity contribution in [1.29, 1.82) is 0 Å². The summed E-state index contributed by atoms with van der Waals surface area (Å²) in [6.45, 7) is 3.74. The first-order valence-corrected chi connectivity index (χ1v) is 7.71. The van der Waals surface area contributed by atoms with Crippen LogP contribution in [0, 0.1) is 5.92 Å². The Morgan fingerprint density at radius 3 is 3.15 bits per heavy atom. The predicted octanol–water partition coefficient (Wildman–Crippen LogP) is 2.70. The van der Waals surface area contributed by atoms with Crippen LogP contribution in [0.1, 0.15) is 22.6 Å². The van der Waals surface area contributed by atoms with E-state index in [1.54, 1.807) is 17.4 Å². The van der Waals surface area contributed by atoms with Gasteiger partial charge in [0, 0.05) is 35.5 Å². The van der Waals surface area contributed by atoms with Gasteiger partial charge in [0.2, 0.25) is 0 Å². The van der Waals surface area contributed by atoms with Gasteiger partial charge in [-0.15, -0.1) is 11.3 Å². The van der Waals surface area contributed by atoms with Crippen molar-refractivity contribution >= 4 is 23.4 Å². The molecular weight excluding hydrogens is 274 g/mol. The summed E-state index contributed by atoms with van der Waals surface area (Å²) in [6, 6.07) is 4.04. The zero-order valence-corrected chi connectivity index (χ0v) is 12.6. The Kier molecular flexibility index (Phi) is 5.76. The fourth-order valence-electron chi connectivity index (χ4n) is 2.45. The number of rotatable bonds is 6. The maximum Gasteiger partial charge on any atom is 0.328 e. The molecule has 5 heteroatoms. The lowest BCUT2D eigenvalue weighted by Gasteiger charge is -2.26. The van der Waals surface area contributed by atoms with Crippen molar-refractivity contribution in [3.05, 3.63) is 28.0 Å². The highest BCUT2D eigenvalue weighted by Crippen LogP contribution is 2.21. The van der Waals surface area contributed by atoms with Crippen molar-refractivity contribution in [3.8, 4) is 0 Å². The number of aliphatic carboxylic acids is 1. The van der Waals surface area contributed by atoms with E-state index in [2.05, 4.69) is 18.0 Å². The topological polar surface area (TPSA) is 49.8 Å². The van der Waals surface area contributed by atoms with E-state index < -0.39 is 5.97 Å². The summed E-state index contributed by atoms with van der Waals surface area (Å²) in [7, 11) is 2.13. The third-order valence-corrected chi connectivity index (χ3v) is 4.36. The summed E-state index contributed by atoms with van der Waals surface area (Å²) in [5, 5.41) is 8.61. The first-order chi connectivity index (χ1) is 9.63. The lowest BCUT2D eigenvalue weighted by molar-refractivity contribution is -0.131. The van der Waals surface area contributed by atoms with Gasteiger partial charge in [-0.1, -0.05) is 0 Å². The Bertz CT molecular complexity index is 463. The molecule has 0 bridgehead atoms. The Hall–Kier alpha value is -1.17. The van der Waals surface area contributed by atoms with Crippen LogP contribution in [-0.2, 0) is 16.1 Å². The van der Waals surface area contributed by atoms with Gasteiger partial charge in [-0.05, 0) is 44.0 Å². The van der Waals surface area contributed by atoms with E-state index in [9.17, 15) is 4.79 Å². The molecule has 2 heterocycles. The van der Waals surface area contributed by atoms with Crippen LogP contribution in [0.4, 0.5) is 0 Å². The van der Waals surface area contributed by atoms with Crippen LogP contribution in [0.5, 0.6) is 0 Å². The normalized spacial score (nSPS) is 19.8. The number of thiophene rings is 1. The zero-order chi connectivity index (χ0) is 14.4. The van der Waals surface area contributed by atoms with E-state index in [0.717, 1.165) is 31.2 Å². The average Bonchev–Trinajstić information content (AvgIpc) is 2.85. The van der Waals surface area contributed by atoms with Crippen LogP contribution in [0.3, 0.4) is 0 Å². The Morgan fingerprint density at radius 1 is 1.60 bits per heavy atom. The summed E-state index contributed by atoms with van der Waals surface area (Å²) in [4.78, 5) is 15.0. The highest BCUT2D eigenvalue weighted by atomic mass is 32.1. The minimum atomic E-state index is -0.908. The highest BCUT2D eigenvalue weighted by Gasteiger charge is 2.16. The summed E-state index contributed by atoms with van der Waals surface area (Å²) < 4.78 is 5.50. The highest BCUT2D eigenvalue weighted by molar-refractivity contribution is 7.12. The largest absolute Gasteiger partial charge is 0.478 e. The molecular formula is C15H21NO3S. The Balaban J connectivity index is 1.81. The van der Waals surface area contributed by atoms with Crippen molar-refractivity contribution < 1.29 is 14.6 Å². The number of nitrogens with zero attached hydrogens (tertiary/aromatic N) is 1. The molecule has 0 aliphatic carbocycles. The molecule has 20 heavy (non-hydrogen) atoms. The van der Waals surface area contributed by atoms with E-state index in [4.69, 9.17) is 9.84 Å². The molecule has 1 aliphatic heterocycles. The van der Waals surface area contributed by atoms with Crippen LogP contribution >= 0.6 is 11.3 Å². The molecule has 1 fully saturated rings. The minimum Gasteiger partial charge on any atom is -0.478 e. The molecule has 0 spiro atoms. The number of carbonyl (C=O) groups is 1. The SMILES string of the molecule is CN(Cc1ccc(C=CC(=O)O)s1)CC1CCCOC1. The fraction of sp³-hybridized carbons (Fsp3) is 0.533. The van der Waals surface area contributed by atoms with E-state index in [-0.39, 0.29) is 0 Å². The van der Waals surface area contributed by atoms with Gasteiger partial charge in [-0.2, -0.15) is 0 Å². The van der Waals surface area contributed by atoms with Crippen LogP contribution in [0.25, 0.3) is 6.08 Å². The maximum absolute atomic E-state index is 10.5. The Morgan fingerprint density at radius 2 is 2.45 bits per heavy atom. The molecule has 0 aromatic carbocycles. The average molecular weight is 295 g/mol. The zero-order valence-electron chi connectivity index (χ0n) is 11.7. The van der Waals surface area contributed by atoms with Crippen LogP contribution in [0.2, 0.25) is 0 Å². The molecule has 4 nitrogen and oxygen atoms in total. The van der Waals surface area contributed by atoms with Crippen LogP contribution < -0.4 is 0 Å². The lowest BCUT2D eigenvalue weighted by Crippen LogP contribution is -2.30.